The lowest BCUT2D eigenvalue weighted by atomic mass is 10.3. The number of rotatable bonds is 5. The largest absolute Gasteiger partial charge is 0.493 e. The van der Waals surface area contributed by atoms with Crippen molar-refractivity contribution in [3.63, 3.8) is 0 Å². The molecule has 0 atom stereocenters. The summed E-state index contributed by atoms with van der Waals surface area (Å²) >= 11 is 0. The standard InChI is InChI=1S/C17H22N4O5/c1-3-8-26-12-4-5-18-15-14(12)16(23)21(17(24)19(15)2)11-13(22)20-6-9-25-10-7-20/h4-5H,3,6-11H2,1-2H3. The van der Waals surface area contributed by atoms with E-state index in [1.807, 2.05) is 6.92 Å². The first-order valence-electron chi connectivity index (χ1n) is 8.61. The Morgan fingerprint density at radius 1 is 1.31 bits per heavy atom. The summed E-state index contributed by atoms with van der Waals surface area (Å²) in [4.78, 5) is 43.8. The van der Waals surface area contributed by atoms with Crippen LogP contribution in [-0.2, 0) is 23.1 Å². The van der Waals surface area contributed by atoms with Crippen LogP contribution >= 0.6 is 0 Å². The van der Waals surface area contributed by atoms with Gasteiger partial charge in [-0.15, -0.1) is 0 Å². The average molecular weight is 362 g/mol. The molecule has 0 unspecified atom stereocenters. The Morgan fingerprint density at radius 2 is 2.04 bits per heavy atom. The number of carbonyl (C=O) groups is 1. The van der Waals surface area contributed by atoms with Crippen LogP contribution in [0, 0.1) is 0 Å². The zero-order valence-electron chi connectivity index (χ0n) is 14.9. The number of amides is 1. The minimum atomic E-state index is -0.579. The number of carbonyl (C=O) groups excluding carboxylic acids is 1. The third-order valence-corrected chi connectivity index (χ3v) is 4.31. The summed E-state index contributed by atoms with van der Waals surface area (Å²) in [6.07, 6.45) is 2.27. The maximum absolute atomic E-state index is 12.9. The number of hydrogen-bond donors (Lipinski definition) is 0. The zero-order chi connectivity index (χ0) is 18.7. The Morgan fingerprint density at radius 3 is 2.73 bits per heavy atom. The predicted octanol–water partition coefficient (Wildman–Crippen LogP) is -0.257. The van der Waals surface area contributed by atoms with Gasteiger partial charge in [0.25, 0.3) is 5.56 Å². The number of ether oxygens (including phenoxy) is 2. The summed E-state index contributed by atoms with van der Waals surface area (Å²) in [5, 5.41) is 0.206. The van der Waals surface area contributed by atoms with Crippen LogP contribution < -0.4 is 16.0 Å². The summed E-state index contributed by atoms with van der Waals surface area (Å²) in [5.74, 6) is 0.0804. The molecule has 140 valence electrons. The molecular weight excluding hydrogens is 340 g/mol. The number of morpholine rings is 1. The van der Waals surface area contributed by atoms with Crippen LogP contribution in [0.25, 0.3) is 11.0 Å². The van der Waals surface area contributed by atoms with E-state index in [0.717, 1.165) is 11.0 Å². The van der Waals surface area contributed by atoms with Gasteiger partial charge < -0.3 is 14.4 Å². The van der Waals surface area contributed by atoms with Gasteiger partial charge in [0.2, 0.25) is 5.91 Å². The van der Waals surface area contributed by atoms with Crippen LogP contribution in [0.3, 0.4) is 0 Å². The van der Waals surface area contributed by atoms with Gasteiger partial charge in [-0.05, 0) is 12.5 Å². The molecule has 2 aromatic heterocycles. The van der Waals surface area contributed by atoms with Crippen LogP contribution in [0.15, 0.2) is 21.9 Å². The molecule has 1 fully saturated rings. The number of fused-ring (bicyclic) bond motifs is 1. The average Bonchev–Trinajstić information content (AvgIpc) is 2.68. The van der Waals surface area contributed by atoms with Gasteiger partial charge in [-0.25, -0.2) is 14.3 Å². The quantitative estimate of drug-likeness (QED) is 0.727. The fraction of sp³-hybridized carbons (Fsp3) is 0.529. The highest BCUT2D eigenvalue weighted by Crippen LogP contribution is 2.19. The first kappa shape index (κ1) is 18.1. The van der Waals surface area contributed by atoms with Crippen LogP contribution in [0.5, 0.6) is 5.75 Å². The van der Waals surface area contributed by atoms with Gasteiger partial charge in [0.05, 0.1) is 19.8 Å². The van der Waals surface area contributed by atoms with E-state index in [1.54, 1.807) is 11.0 Å². The van der Waals surface area contributed by atoms with Gasteiger partial charge in [-0.2, -0.15) is 0 Å². The molecule has 0 spiro atoms. The predicted molar refractivity (Wildman–Crippen MR) is 94.4 cm³/mol. The maximum atomic E-state index is 12.9. The molecule has 0 aromatic carbocycles. The van der Waals surface area contributed by atoms with Crippen LogP contribution in [-0.4, -0.2) is 57.8 Å². The molecule has 0 bridgehead atoms. The minimum absolute atomic E-state index is 0.206. The molecule has 1 aliphatic heterocycles. The van der Waals surface area contributed by atoms with E-state index in [0.29, 0.717) is 38.7 Å². The third-order valence-electron chi connectivity index (χ3n) is 4.31. The lowest BCUT2D eigenvalue weighted by Crippen LogP contribution is -2.47. The van der Waals surface area contributed by atoms with E-state index >= 15 is 0 Å². The van der Waals surface area contributed by atoms with Crippen molar-refractivity contribution in [1.82, 2.24) is 19.0 Å². The van der Waals surface area contributed by atoms with Crippen molar-refractivity contribution in [3.05, 3.63) is 33.1 Å². The SMILES string of the molecule is CCCOc1ccnc2c1c(=O)n(CC(=O)N1CCOCC1)c(=O)n2C. The van der Waals surface area contributed by atoms with Crippen molar-refractivity contribution in [2.45, 2.75) is 19.9 Å². The molecule has 2 aromatic rings. The van der Waals surface area contributed by atoms with Gasteiger partial charge in [-0.1, -0.05) is 6.92 Å². The van der Waals surface area contributed by atoms with E-state index < -0.39 is 11.2 Å². The van der Waals surface area contributed by atoms with Gasteiger partial charge >= 0.3 is 5.69 Å². The molecule has 9 nitrogen and oxygen atoms in total. The highest BCUT2D eigenvalue weighted by Gasteiger charge is 2.21. The summed E-state index contributed by atoms with van der Waals surface area (Å²) in [6.45, 7) is 3.89. The van der Waals surface area contributed by atoms with E-state index in [4.69, 9.17) is 9.47 Å². The van der Waals surface area contributed by atoms with Crippen LogP contribution in [0.1, 0.15) is 13.3 Å². The summed E-state index contributed by atoms with van der Waals surface area (Å²) in [6, 6.07) is 1.60. The fourth-order valence-corrected chi connectivity index (χ4v) is 2.90. The fourth-order valence-electron chi connectivity index (χ4n) is 2.90. The van der Waals surface area contributed by atoms with E-state index in [1.165, 1.54) is 17.8 Å². The second-order valence-electron chi connectivity index (χ2n) is 6.08. The maximum Gasteiger partial charge on any atom is 0.332 e. The first-order valence-corrected chi connectivity index (χ1v) is 8.61. The minimum Gasteiger partial charge on any atom is -0.493 e. The molecule has 9 heteroatoms. The van der Waals surface area contributed by atoms with E-state index in [2.05, 4.69) is 4.98 Å². The molecular formula is C17H22N4O5. The number of hydrogen-bond acceptors (Lipinski definition) is 6. The molecule has 0 saturated carbocycles. The normalized spacial score (nSPS) is 14.6. The summed E-state index contributed by atoms with van der Waals surface area (Å²) in [7, 11) is 1.52. The number of nitrogens with zero attached hydrogens (tertiary/aromatic N) is 4. The number of aromatic nitrogens is 3. The van der Waals surface area contributed by atoms with Gasteiger partial charge in [0.1, 0.15) is 17.7 Å². The van der Waals surface area contributed by atoms with Gasteiger partial charge in [0.15, 0.2) is 5.65 Å². The lowest BCUT2D eigenvalue weighted by Gasteiger charge is -2.27. The molecule has 1 amide bonds. The second kappa shape index (κ2) is 7.69. The monoisotopic (exact) mass is 362 g/mol. The summed E-state index contributed by atoms with van der Waals surface area (Å²) < 4.78 is 13.1. The Balaban J connectivity index is 2.06. The van der Waals surface area contributed by atoms with E-state index in [-0.39, 0.29) is 23.5 Å². The van der Waals surface area contributed by atoms with Gasteiger partial charge in [-0.3, -0.25) is 14.2 Å². The van der Waals surface area contributed by atoms with Crippen molar-refractivity contribution in [2.75, 3.05) is 32.9 Å². The van der Waals surface area contributed by atoms with Crippen molar-refractivity contribution in [1.29, 1.82) is 0 Å². The van der Waals surface area contributed by atoms with Crippen molar-refractivity contribution >= 4 is 16.9 Å². The lowest BCUT2D eigenvalue weighted by molar-refractivity contribution is -0.136. The molecule has 1 aliphatic rings. The van der Waals surface area contributed by atoms with Crippen LogP contribution in [0.4, 0.5) is 0 Å². The highest BCUT2D eigenvalue weighted by molar-refractivity contribution is 5.82. The number of aryl methyl sites for hydroxylation is 1. The smallest absolute Gasteiger partial charge is 0.332 e. The molecule has 0 N–H and O–H groups in total. The third kappa shape index (κ3) is 3.34. The van der Waals surface area contributed by atoms with Gasteiger partial charge in [0, 0.05) is 26.3 Å². The zero-order valence-corrected chi connectivity index (χ0v) is 14.9. The topological polar surface area (TPSA) is 95.7 Å². The van der Waals surface area contributed by atoms with Crippen molar-refractivity contribution in [3.8, 4) is 5.75 Å². The Kier molecular flexibility index (Phi) is 5.36. The second-order valence-corrected chi connectivity index (χ2v) is 6.08. The molecule has 3 rings (SSSR count). The highest BCUT2D eigenvalue weighted by atomic mass is 16.5. The molecule has 26 heavy (non-hydrogen) atoms. The van der Waals surface area contributed by atoms with Crippen molar-refractivity contribution < 1.29 is 14.3 Å². The Bertz CT molecular complexity index is 927. The first-order chi connectivity index (χ1) is 12.5. The Labute approximate surface area is 149 Å². The van der Waals surface area contributed by atoms with E-state index in [9.17, 15) is 14.4 Å². The molecule has 0 radical (unpaired) electrons. The summed E-state index contributed by atoms with van der Waals surface area (Å²) in [5.41, 5.74) is -0.906. The number of pyridine rings is 1. The van der Waals surface area contributed by atoms with Crippen molar-refractivity contribution in [2.24, 2.45) is 7.05 Å². The Hall–Kier alpha value is -2.68. The molecule has 0 aliphatic carbocycles. The molecule has 3 heterocycles. The van der Waals surface area contributed by atoms with Crippen LogP contribution in [0.2, 0.25) is 0 Å². The molecule has 1 saturated heterocycles.